The van der Waals surface area contributed by atoms with E-state index in [0.717, 1.165) is 10.0 Å². The molecule has 3 heterocycles. The fraction of sp³-hybridized carbons (Fsp3) is 0.368. The quantitative estimate of drug-likeness (QED) is 0.762. The van der Waals surface area contributed by atoms with Crippen molar-refractivity contribution in [2.24, 2.45) is 0 Å². The lowest BCUT2D eigenvalue weighted by atomic mass is 9.91. The molecule has 2 aliphatic rings. The number of rotatable bonds is 3. The van der Waals surface area contributed by atoms with Gasteiger partial charge in [0.1, 0.15) is 5.60 Å². The highest BCUT2D eigenvalue weighted by molar-refractivity contribution is 9.10. The number of amides is 2. The molecule has 7 heteroatoms. The molecule has 4 rings (SSSR count). The van der Waals surface area contributed by atoms with Crippen LogP contribution in [0.1, 0.15) is 29.0 Å². The zero-order chi connectivity index (χ0) is 18.1. The Bertz CT molecular complexity index is 813. The Balaban J connectivity index is 1.38. The minimum atomic E-state index is -0.497. The summed E-state index contributed by atoms with van der Waals surface area (Å²) in [6.45, 7) is 2.19. The summed E-state index contributed by atoms with van der Waals surface area (Å²) in [5.74, 6) is 0.237. The van der Waals surface area contributed by atoms with Gasteiger partial charge in [0.2, 0.25) is 0 Å². The van der Waals surface area contributed by atoms with Gasteiger partial charge in [0.15, 0.2) is 5.76 Å². The third-order valence-corrected chi connectivity index (χ3v) is 5.49. The van der Waals surface area contributed by atoms with Gasteiger partial charge in [0.05, 0.1) is 12.8 Å². The van der Waals surface area contributed by atoms with Gasteiger partial charge in [-0.15, -0.1) is 0 Å². The molecule has 6 nitrogen and oxygen atoms in total. The first kappa shape index (κ1) is 17.1. The lowest BCUT2D eigenvalue weighted by molar-refractivity contribution is 0.00226. The molecule has 26 heavy (non-hydrogen) atoms. The van der Waals surface area contributed by atoms with Gasteiger partial charge in [-0.3, -0.25) is 9.69 Å². The smallest absolute Gasteiger partial charge is 0.410 e. The van der Waals surface area contributed by atoms with E-state index >= 15 is 0 Å². The van der Waals surface area contributed by atoms with Gasteiger partial charge in [0, 0.05) is 36.9 Å². The zero-order valence-electron chi connectivity index (χ0n) is 14.2. The number of benzene rings is 1. The van der Waals surface area contributed by atoms with Crippen LogP contribution in [0.5, 0.6) is 0 Å². The number of nitrogens with zero attached hydrogens (tertiary/aromatic N) is 2. The Kier molecular flexibility index (Phi) is 4.48. The molecule has 0 saturated carbocycles. The van der Waals surface area contributed by atoms with Crippen molar-refractivity contribution < 1.29 is 18.7 Å². The number of carbonyl (C=O) groups excluding carboxylic acids is 2. The van der Waals surface area contributed by atoms with Gasteiger partial charge in [-0.2, -0.15) is 0 Å². The summed E-state index contributed by atoms with van der Waals surface area (Å²) in [7, 11) is 0. The maximum absolute atomic E-state index is 12.4. The normalized spacial score (nSPS) is 19.0. The predicted octanol–water partition coefficient (Wildman–Crippen LogP) is 3.67. The van der Waals surface area contributed by atoms with Crippen molar-refractivity contribution >= 4 is 27.9 Å². The standard InChI is InChI=1S/C19H19BrN2O4/c20-15-4-1-3-14(11-15)12-22-13-19(26-18(22)24)6-8-21(9-7-19)17(23)16-5-2-10-25-16/h1-5,10-11H,6-9,12-13H2. The van der Waals surface area contributed by atoms with Crippen LogP contribution >= 0.6 is 15.9 Å². The predicted molar refractivity (Wildman–Crippen MR) is 97.6 cm³/mol. The van der Waals surface area contributed by atoms with Gasteiger partial charge in [-0.25, -0.2) is 4.79 Å². The van der Waals surface area contributed by atoms with Crippen molar-refractivity contribution in [2.45, 2.75) is 25.0 Å². The van der Waals surface area contributed by atoms with E-state index in [2.05, 4.69) is 15.9 Å². The Morgan fingerprint density at radius 3 is 2.69 bits per heavy atom. The second-order valence-electron chi connectivity index (χ2n) is 6.81. The number of hydrogen-bond donors (Lipinski definition) is 0. The lowest BCUT2D eigenvalue weighted by Gasteiger charge is -2.37. The van der Waals surface area contributed by atoms with Crippen molar-refractivity contribution in [3.8, 4) is 0 Å². The molecule has 0 unspecified atom stereocenters. The molecule has 2 fully saturated rings. The average Bonchev–Trinajstić information content (AvgIpc) is 3.24. The number of ether oxygens (including phenoxy) is 1. The molecule has 0 atom stereocenters. The zero-order valence-corrected chi connectivity index (χ0v) is 15.8. The monoisotopic (exact) mass is 418 g/mol. The molecular weight excluding hydrogens is 400 g/mol. The Morgan fingerprint density at radius 2 is 2.00 bits per heavy atom. The van der Waals surface area contributed by atoms with Crippen molar-refractivity contribution in [3.63, 3.8) is 0 Å². The fourth-order valence-corrected chi connectivity index (χ4v) is 4.05. The number of carbonyl (C=O) groups is 2. The number of likely N-dealkylation sites (tertiary alicyclic amines) is 1. The van der Waals surface area contributed by atoms with E-state index in [9.17, 15) is 9.59 Å². The van der Waals surface area contributed by atoms with Crippen LogP contribution < -0.4 is 0 Å². The molecule has 1 aromatic carbocycles. The summed E-state index contributed by atoms with van der Waals surface area (Å²) in [6.07, 6.45) is 2.49. The molecule has 1 spiro atoms. The number of hydrogen-bond acceptors (Lipinski definition) is 4. The first-order valence-electron chi connectivity index (χ1n) is 8.60. The summed E-state index contributed by atoms with van der Waals surface area (Å²) in [5.41, 5.74) is 0.557. The van der Waals surface area contributed by atoms with Crippen LogP contribution in [0.25, 0.3) is 0 Å². The van der Waals surface area contributed by atoms with E-state index < -0.39 is 5.60 Å². The topological polar surface area (TPSA) is 63.0 Å². The highest BCUT2D eigenvalue weighted by Crippen LogP contribution is 2.34. The van der Waals surface area contributed by atoms with Crippen LogP contribution in [-0.4, -0.2) is 47.0 Å². The molecule has 136 valence electrons. The maximum atomic E-state index is 12.4. The molecule has 2 aromatic rings. The second kappa shape index (κ2) is 6.79. The summed E-state index contributed by atoms with van der Waals surface area (Å²) in [6, 6.07) is 11.3. The maximum Gasteiger partial charge on any atom is 0.410 e. The third-order valence-electron chi connectivity index (χ3n) is 5.00. The summed E-state index contributed by atoms with van der Waals surface area (Å²) >= 11 is 3.45. The number of furan rings is 1. The highest BCUT2D eigenvalue weighted by atomic mass is 79.9. The highest BCUT2D eigenvalue weighted by Gasteiger charge is 2.47. The molecule has 0 aliphatic carbocycles. The van der Waals surface area contributed by atoms with Crippen molar-refractivity contribution in [1.82, 2.24) is 9.80 Å². The minimum Gasteiger partial charge on any atom is -0.459 e. The molecule has 0 radical (unpaired) electrons. The van der Waals surface area contributed by atoms with E-state index in [1.807, 2.05) is 24.3 Å². The Morgan fingerprint density at radius 1 is 1.19 bits per heavy atom. The fourth-order valence-electron chi connectivity index (χ4n) is 3.60. The summed E-state index contributed by atoms with van der Waals surface area (Å²) in [4.78, 5) is 28.2. The molecule has 2 aliphatic heterocycles. The summed E-state index contributed by atoms with van der Waals surface area (Å²) in [5, 5.41) is 0. The van der Waals surface area contributed by atoms with Gasteiger partial charge in [0.25, 0.3) is 5.91 Å². The van der Waals surface area contributed by atoms with Gasteiger partial charge in [-0.05, 0) is 29.8 Å². The van der Waals surface area contributed by atoms with Crippen LogP contribution in [-0.2, 0) is 11.3 Å². The lowest BCUT2D eigenvalue weighted by Crippen LogP contribution is -2.48. The van der Waals surface area contributed by atoms with Crippen LogP contribution in [0.4, 0.5) is 4.79 Å². The number of halogens is 1. The van der Waals surface area contributed by atoms with E-state index in [1.165, 1.54) is 6.26 Å². The van der Waals surface area contributed by atoms with Crippen molar-refractivity contribution in [2.75, 3.05) is 19.6 Å². The van der Waals surface area contributed by atoms with Crippen LogP contribution in [0.2, 0.25) is 0 Å². The molecule has 0 N–H and O–H groups in total. The van der Waals surface area contributed by atoms with Crippen LogP contribution in [0.15, 0.2) is 51.6 Å². The van der Waals surface area contributed by atoms with E-state index in [-0.39, 0.29) is 12.0 Å². The van der Waals surface area contributed by atoms with Gasteiger partial charge in [-0.1, -0.05) is 28.1 Å². The first-order valence-corrected chi connectivity index (χ1v) is 9.39. The average molecular weight is 419 g/mol. The van der Waals surface area contributed by atoms with E-state index in [4.69, 9.17) is 9.15 Å². The van der Waals surface area contributed by atoms with Crippen molar-refractivity contribution in [3.05, 3.63) is 58.5 Å². The van der Waals surface area contributed by atoms with Crippen LogP contribution in [0.3, 0.4) is 0 Å². The third kappa shape index (κ3) is 3.35. The van der Waals surface area contributed by atoms with E-state index in [0.29, 0.717) is 44.8 Å². The molecule has 1 aromatic heterocycles. The van der Waals surface area contributed by atoms with Gasteiger partial charge >= 0.3 is 6.09 Å². The second-order valence-corrected chi connectivity index (χ2v) is 7.72. The van der Waals surface area contributed by atoms with Crippen molar-refractivity contribution in [1.29, 1.82) is 0 Å². The molecular formula is C19H19BrN2O4. The molecule has 2 saturated heterocycles. The SMILES string of the molecule is O=C1OC2(CCN(C(=O)c3ccco3)CC2)CN1Cc1cccc(Br)c1. The molecule has 2 amide bonds. The Hall–Kier alpha value is -2.28. The largest absolute Gasteiger partial charge is 0.459 e. The van der Waals surface area contributed by atoms with E-state index in [1.54, 1.807) is 21.9 Å². The molecule has 0 bridgehead atoms. The first-order chi connectivity index (χ1) is 12.5. The summed E-state index contributed by atoms with van der Waals surface area (Å²) < 4.78 is 11.9. The number of piperidine rings is 1. The van der Waals surface area contributed by atoms with Crippen LogP contribution in [0, 0.1) is 0 Å². The minimum absolute atomic E-state index is 0.111. The van der Waals surface area contributed by atoms with Gasteiger partial charge < -0.3 is 14.1 Å². The Labute approximate surface area is 159 Å².